The molecule has 0 saturated carbocycles. The largest absolute Gasteiger partial charge is 0.493 e. The van der Waals surface area contributed by atoms with Crippen LogP contribution in [0.1, 0.15) is 49.3 Å². The van der Waals surface area contributed by atoms with Crippen LogP contribution in [0.15, 0.2) is 24.3 Å². The van der Waals surface area contributed by atoms with Gasteiger partial charge < -0.3 is 10.1 Å². The summed E-state index contributed by atoms with van der Waals surface area (Å²) in [6.07, 6.45) is 0.774. The standard InChI is InChI=1S/C17H20FN3O/c1-10(2)17-19-11(3)8-16(21-17)20-14-6-7-22-15-5-4-12(18)9-13(14)15/h4-5,8-10,14H,6-7H2,1-3H3,(H,19,20,21). The molecule has 0 aliphatic carbocycles. The summed E-state index contributed by atoms with van der Waals surface area (Å²) in [5.74, 6) is 2.34. The van der Waals surface area contributed by atoms with Crippen molar-refractivity contribution in [3.63, 3.8) is 0 Å². The first-order valence-corrected chi connectivity index (χ1v) is 7.57. The second kappa shape index (κ2) is 5.91. The van der Waals surface area contributed by atoms with E-state index in [1.54, 1.807) is 6.07 Å². The fourth-order valence-corrected chi connectivity index (χ4v) is 2.62. The van der Waals surface area contributed by atoms with Crippen LogP contribution < -0.4 is 10.1 Å². The molecule has 1 unspecified atom stereocenters. The van der Waals surface area contributed by atoms with Crippen molar-refractivity contribution in [2.45, 2.75) is 39.2 Å². The molecule has 3 rings (SSSR count). The Morgan fingerprint density at radius 2 is 2.09 bits per heavy atom. The quantitative estimate of drug-likeness (QED) is 0.931. The third-order valence-electron chi connectivity index (χ3n) is 3.72. The molecule has 1 aromatic carbocycles. The first-order chi connectivity index (χ1) is 10.5. The van der Waals surface area contributed by atoms with Gasteiger partial charge in [-0.05, 0) is 25.1 Å². The van der Waals surface area contributed by atoms with Crippen LogP contribution in [0.4, 0.5) is 10.2 Å². The number of benzene rings is 1. The number of hydrogen-bond acceptors (Lipinski definition) is 4. The maximum absolute atomic E-state index is 13.5. The number of halogens is 1. The highest BCUT2D eigenvalue weighted by molar-refractivity contribution is 5.45. The van der Waals surface area contributed by atoms with Gasteiger partial charge in [0.1, 0.15) is 23.2 Å². The summed E-state index contributed by atoms with van der Waals surface area (Å²) in [5, 5.41) is 3.40. The highest BCUT2D eigenvalue weighted by Gasteiger charge is 2.22. The molecule has 5 heteroatoms. The van der Waals surface area contributed by atoms with Crippen LogP contribution in [-0.4, -0.2) is 16.6 Å². The number of aryl methyl sites for hydroxylation is 1. The minimum Gasteiger partial charge on any atom is -0.493 e. The minimum atomic E-state index is -0.252. The Morgan fingerprint density at radius 1 is 1.27 bits per heavy atom. The van der Waals surface area contributed by atoms with Gasteiger partial charge in [0.2, 0.25) is 0 Å². The van der Waals surface area contributed by atoms with Crippen molar-refractivity contribution < 1.29 is 9.13 Å². The molecule has 0 spiro atoms. The highest BCUT2D eigenvalue weighted by Crippen LogP contribution is 2.34. The molecular formula is C17H20FN3O. The lowest BCUT2D eigenvalue weighted by atomic mass is 10.0. The lowest BCUT2D eigenvalue weighted by Gasteiger charge is -2.27. The molecule has 0 fully saturated rings. The number of rotatable bonds is 3. The average molecular weight is 301 g/mol. The van der Waals surface area contributed by atoms with Gasteiger partial charge in [-0.2, -0.15) is 0 Å². The van der Waals surface area contributed by atoms with Crippen molar-refractivity contribution in [1.82, 2.24) is 9.97 Å². The van der Waals surface area contributed by atoms with Crippen molar-refractivity contribution in [1.29, 1.82) is 0 Å². The SMILES string of the molecule is Cc1cc(NC2CCOc3ccc(F)cc32)nc(C(C)C)n1. The van der Waals surface area contributed by atoms with Gasteiger partial charge in [-0.1, -0.05) is 13.8 Å². The number of nitrogens with one attached hydrogen (secondary N) is 1. The van der Waals surface area contributed by atoms with E-state index in [2.05, 4.69) is 29.1 Å². The molecule has 1 aliphatic rings. The van der Waals surface area contributed by atoms with E-state index in [0.29, 0.717) is 6.61 Å². The molecule has 22 heavy (non-hydrogen) atoms. The summed E-state index contributed by atoms with van der Waals surface area (Å²) < 4.78 is 19.1. The number of aromatic nitrogens is 2. The molecule has 4 nitrogen and oxygen atoms in total. The van der Waals surface area contributed by atoms with Crippen molar-refractivity contribution in [2.24, 2.45) is 0 Å². The van der Waals surface area contributed by atoms with Gasteiger partial charge in [-0.25, -0.2) is 14.4 Å². The van der Waals surface area contributed by atoms with Gasteiger partial charge in [0.15, 0.2) is 0 Å². The van der Waals surface area contributed by atoms with Crippen LogP contribution >= 0.6 is 0 Å². The van der Waals surface area contributed by atoms with E-state index >= 15 is 0 Å². The van der Waals surface area contributed by atoms with Gasteiger partial charge >= 0.3 is 0 Å². The zero-order valence-corrected chi connectivity index (χ0v) is 13.1. The van der Waals surface area contributed by atoms with E-state index in [1.807, 2.05) is 13.0 Å². The molecule has 0 saturated heterocycles. The van der Waals surface area contributed by atoms with Gasteiger partial charge in [0.05, 0.1) is 12.6 Å². The number of anilines is 1. The zero-order valence-electron chi connectivity index (χ0n) is 13.1. The summed E-state index contributed by atoms with van der Waals surface area (Å²) in [6, 6.07) is 6.55. The maximum Gasteiger partial charge on any atom is 0.133 e. The van der Waals surface area contributed by atoms with Gasteiger partial charge in [-0.15, -0.1) is 0 Å². The molecule has 1 atom stereocenters. The fraction of sp³-hybridized carbons (Fsp3) is 0.412. The first-order valence-electron chi connectivity index (χ1n) is 7.57. The zero-order chi connectivity index (χ0) is 15.7. The van der Waals surface area contributed by atoms with Gasteiger partial charge in [-0.3, -0.25) is 0 Å². The molecule has 1 aliphatic heterocycles. The van der Waals surface area contributed by atoms with Crippen LogP contribution in [0.3, 0.4) is 0 Å². The van der Waals surface area contributed by atoms with Gasteiger partial charge in [0, 0.05) is 29.7 Å². The van der Waals surface area contributed by atoms with Crippen molar-refractivity contribution in [3.05, 3.63) is 47.2 Å². The predicted molar refractivity (Wildman–Crippen MR) is 83.7 cm³/mol. The second-order valence-electron chi connectivity index (χ2n) is 5.92. The van der Waals surface area contributed by atoms with E-state index in [0.717, 1.165) is 35.1 Å². The van der Waals surface area contributed by atoms with E-state index in [1.165, 1.54) is 12.1 Å². The van der Waals surface area contributed by atoms with E-state index < -0.39 is 0 Å². The minimum absolute atomic E-state index is 0.00578. The van der Waals surface area contributed by atoms with Crippen molar-refractivity contribution >= 4 is 5.82 Å². The summed E-state index contributed by atoms with van der Waals surface area (Å²) in [4.78, 5) is 9.01. The third kappa shape index (κ3) is 3.03. The Kier molecular flexibility index (Phi) is 3.96. The Balaban J connectivity index is 1.90. The molecule has 1 N–H and O–H groups in total. The van der Waals surface area contributed by atoms with Crippen LogP contribution in [0.5, 0.6) is 5.75 Å². The molecule has 0 radical (unpaired) electrons. The average Bonchev–Trinajstić information content (AvgIpc) is 2.47. The molecule has 0 amide bonds. The number of fused-ring (bicyclic) bond motifs is 1. The fourth-order valence-electron chi connectivity index (χ4n) is 2.62. The third-order valence-corrected chi connectivity index (χ3v) is 3.72. The van der Waals surface area contributed by atoms with E-state index in [9.17, 15) is 4.39 Å². The van der Waals surface area contributed by atoms with Crippen LogP contribution in [0.25, 0.3) is 0 Å². The monoisotopic (exact) mass is 301 g/mol. The van der Waals surface area contributed by atoms with Crippen LogP contribution in [-0.2, 0) is 0 Å². The normalized spacial score (nSPS) is 17.0. The predicted octanol–water partition coefficient (Wildman–Crippen LogP) is 3.98. The smallest absolute Gasteiger partial charge is 0.133 e. The number of ether oxygens (including phenoxy) is 1. The molecular weight excluding hydrogens is 281 g/mol. The van der Waals surface area contributed by atoms with Crippen molar-refractivity contribution in [2.75, 3.05) is 11.9 Å². The summed E-state index contributed by atoms with van der Waals surface area (Å²) >= 11 is 0. The highest BCUT2D eigenvalue weighted by atomic mass is 19.1. The lowest BCUT2D eigenvalue weighted by molar-refractivity contribution is 0.273. The molecule has 2 heterocycles. The second-order valence-corrected chi connectivity index (χ2v) is 5.92. The number of nitrogens with zero attached hydrogens (tertiary/aromatic N) is 2. The maximum atomic E-state index is 13.5. The summed E-state index contributed by atoms with van der Waals surface area (Å²) in [7, 11) is 0. The Hall–Kier alpha value is -2.17. The molecule has 2 aromatic rings. The molecule has 116 valence electrons. The molecule has 0 bridgehead atoms. The van der Waals surface area contributed by atoms with E-state index in [-0.39, 0.29) is 17.8 Å². The Morgan fingerprint density at radius 3 is 2.86 bits per heavy atom. The first kappa shape index (κ1) is 14.8. The van der Waals surface area contributed by atoms with Crippen LogP contribution in [0, 0.1) is 12.7 Å². The Labute approximate surface area is 129 Å². The van der Waals surface area contributed by atoms with E-state index in [4.69, 9.17) is 4.74 Å². The number of hydrogen-bond donors (Lipinski definition) is 1. The van der Waals surface area contributed by atoms with Gasteiger partial charge in [0.25, 0.3) is 0 Å². The summed E-state index contributed by atoms with van der Waals surface area (Å²) in [6.45, 7) is 6.70. The van der Waals surface area contributed by atoms with Crippen LogP contribution in [0.2, 0.25) is 0 Å². The molecule has 1 aromatic heterocycles. The lowest BCUT2D eigenvalue weighted by Crippen LogP contribution is -2.21. The van der Waals surface area contributed by atoms with Crippen molar-refractivity contribution in [3.8, 4) is 5.75 Å². The summed E-state index contributed by atoms with van der Waals surface area (Å²) in [5.41, 5.74) is 1.77. The topological polar surface area (TPSA) is 47.0 Å². The Bertz CT molecular complexity index is 688.